The van der Waals surface area contributed by atoms with Gasteiger partial charge >= 0.3 is 5.97 Å². The van der Waals surface area contributed by atoms with Gasteiger partial charge in [0.25, 0.3) is 5.91 Å². The topological polar surface area (TPSA) is 99.8 Å². The second-order valence-corrected chi connectivity index (χ2v) is 7.75. The molecule has 1 amide bonds. The number of thioether (sulfide) groups is 1. The number of aromatic hydroxyl groups is 1. The molecular formula is C21H16FNO5S. The fraction of sp³-hybridized carbons (Fsp3) is 0.143. The maximum Gasteiger partial charge on any atom is 0.334 e. The summed E-state index contributed by atoms with van der Waals surface area (Å²) in [5.74, 6) is -3.07. The molecule has 0 aliphatic carbocycles. The highest BCUT2D eigenvalue weighted by Crippen LogP contribution is 2.42. The van der Waals surface area contributed by atoms with Crippen molar-refractivity contribution in [3.8, 4) is 5.75 Å². The van der Waals surface area contributed by atoms with Gasteiger partial charge in [0.2, 0.25) is 0 Å². The van der Waals surface area contributed by atoms with Crippen LogP contribution in [0.25, 0.3) is 11.0 Å². The van der Waals surface area contributed by atoms with Crippen molar-refractivity contribution < 1.29 is 28.6 Å². The third-order valence-corrected chi connectivity index (χ3v) is 5.90. The molecule has 1 aliphatic heterocycles. The van der Waals surface area contributed by atoms with Gasteiger partial charge in [0, 0.05) is 23.1 Å². The fourth-order valence-corrected chi connectivity index (χ4v) is 4.58. The van der Waals surface area contributed by atoms with E-state index < -0.39 is 23.6 Å². The number of hydrogen-bond donors (Lipinski definition) is 3. The summed E-state index contributed by atoms with van der Waals surface area (Å²) in [7, 11) is 0. The minimum atomic E-state index is -1.23. The van der Waals surface area contributed by atoms with E-state index >= 15 is 0 Å². The Morgan fingerprint density at radius 2 is 2.03 bits per heavy atom. The van der Waals surface area contributed by atoms with Gasteiger partial charge in [-0.1, -0.05) is 12.1 Å². The molecule has 0 saturated heterocycles. The number of benzene rings is 2. The Labute approximate surface area is 169 Å². The average Bonchev–Trinajstić information content (AvgIpc) is 3.27. The van der Waals surface area contributed by atoms with Crippen LogP contribution >= 0.6 is 11.8 Å². The summed E-state index contributed by atoms with van der Waals surface area (Å²) < 4.78 is 19.6. The molecule has 1 unspecified atom stereocenters. The first kappa shape index (κ1) is 19.1. The number of carbonyl (C=O) groups excluding carboxylic acids is 1. The third-order valence-electron chi connectivity index (χ3n) is 4.79. The van der Waals surface area contributed by atoms with Gasteiger partial charge in [-0.3, -0.25) is 4.79 Å². The molecule has 0 saturated carbocycles. The van der Waals surface area contributed by atoms with Crippen molar-refractivity contribution in [3.05, 3.63) is 75.8 Å². The van der Waals surface area contributed by atoms with Gasteiger partial charge in [-0.2, -0.15) is 0 Å². The molecule has 1 aliphatic rings. The number of hydrogen-bond acceptors (Lipinski definition) is 5. The molecule has 0 spiro atoms. The fourth-order valence-electron chi connectivity index (χ4n) is 3.35. The number of furan rings is 1. The van der Waals surface area contributed by atoms with Gasteiger partial charge in [0.15, 0.2) is 0 Å². The van der Waals surface area contributed by atoms with E-state index in [1.165, 1.54) is 24.5 Å². The van der Waals surface area contributed by atoms with E-state index in [1.807, 2.05) is 0 Å². The number of amides is 1. The zero-order chi connectivity index (χ0) is 20.7. The third kappa shape index (κ3) is 3.47. The van der Waals surface area contributed by atoms with Crippen LogP contribution in [0.1, 0.15) is 27.4 Å². The van der Waals surface area contributed by atoms with Gasteiger partial charge in [0.1, 0.15) is 17.1 Å². The van der Waals surface area contributed by atoms with Crippen molar-refractivity contribution in [2.24, 2.45) is 0 Å². The summed E-state index contributed by atoms with van der Waals surface area (Å²) in [6, 6.07) is 9.08. The molecule has 4 rings (SSSR count). The zero-order valence-electron chi connectivity index (χ0n) is 15.2. The number of nitrogens with one attached hydrogen (secondary N) is 1. The molecule has 1 aromatic heterocycles. The summed E-state index contributed by atoms with van der Waals surface area (Å²) in [6.07, 6.45) is 1.43. The van der Waals surface area contributed by atoms with Gasteiger partial charge in [-0.15, -0.1) is 11.8 Å². The SMILES string of the molecule is Cc1ccc(C2CSC(NC(=O)c3cc4ccoc4cc3O)=C2C(=O)O)c(F)c1. The molecule has 1 atom stereocenters. The number of phenols is 1. The van der Waals surface area contributed by atoms with Crippen molar-refractivity contribution in [3.63, 3.8) is 0 Å². The first-order chi connectivity index (χ1) is 13.8. The summed E-state index contributed by atoms with van der Waals surface area (Å²) >= 11 is 1.13. The standard InChI is InChI=1S/C21H16FNO5S/c1-10-2-3-12(15(22)6-10)14-9-29-20(18(14)21(26)27)23-19(25)13-7-11-4-5-28-17(11)8-16(13)24/h2-8,14,24H,9H2,1H3,(H,23,25)(H,26,27). The second kappa shape index (κ2) is 7.29. The number of fused-ring (bicyclic) bond motifs is 1. The largest absolute Gasteiger partial charge is 0.507 e. The smallest absolute Gasteiger partial charge is 0.334 e. The normalized spacial score (nSPS) is 16.4. The quantitative estimate of drug-likeness (QED) is 0.594. The van der Waals surface area contributed by atoms with Gasteiger partial charge in [-0.05, 0) is 36.2 Å². The van der Waals surface area contributed by atoms with Crippen LogP contribution in [0.5, 0.6) is 5.75 Å². The molecule has 8 heteroatoms. The Hall–Kier alpha value is -3.26. The molecule has 2 heterocycles. The Balaban J connectivity index is 1.68. The van der Waals surface area contributed by atoms with E-state index in [0.717, 1.165) is 17.3 Å². The van der Waals surface area contributed by atoms with Crippen LogP contribution in [0.3, 0.4) is 0 Å². The Morgan fingerprint density at radius 1 is 1.24 bits per heavy atom. The molecular weight excluding hydrogens is 397 g/mol. The molecule has 0 radical (unpaired) electrons. The van der Waals surface area contributed by atoms with Gasteiger partial charge in [-0.25, -0.2) is 9.18 Å². The average molecular weight is 413 g/mol. The molecule has 29 heavy (non-hydrogen) atoms. The molecule has 3 aromatic rings. The predicted molar refractivity (Wildman–Crippen MR) is 106 cm³/mol. The lowest BCUT2D eigenvalue weighted by atomic mass is 9.92. The number of aliphatic carboxylic acids is 1. The molecule has 0 bridgehead atoms. The maximum atomic E-state index is 14.4. The van der Waals surface area contributed by atoms with E-state index in [2.05, 4.69) is 5.32 Å². The maximum absolute atomic E-state index is 14.4. The van der Waals surface area contributed by atoms with Crippen LogP contribution in [0.4, 0.5) is 4.39 Å². The van der Waals surface area contributed by atoms with E-state index in [-0.39, 0.29) is 33.2 Å². The minimum absolute atomic E-state index is 0.0123. The number of carboxylic acid groups (broad SMARTS) is 1. The summed E-state index contributed by atoms with van der Waals surface area (Å²) in [6.45, 7) is 1.75. The second-order valence-electron chi connectivity index (χ2n) is 6.72. The number of carboxylic acids is 1. The molecule has 6 nitrogen and oxygen atoms in total. The lowest BCUT2D eigenvalue weighted by Gasteiger charge is -2.13. The Kier molecular flexibility index (Phi) is 4.79. The number of rotatable bonds is 4. The van der Waals surface area contributed by atoms with Gasteiger partial charge in [0.05, 0.1) is 22.4 Å². The minimum Gasteiger partial charge on any atom is -0.507 e. The molecule has 2 aromatic carbocycles. The molecule has 0 fully saturated rings. The van der Waals surface area contributed by atoms with Crippen molar-refractivity contribution in [2.45, 2.75) is 12.8 Å². The van der Waals surface area contributed by atoms with Crippen molar-refractivity contribution in [2.75, 3.05) is 5.75 Å². The first-order valence-electron chi connectivity index (χ1n) is 8.73. The highest BCUT2D eigenvalue weighted by atomic mass is 32.2. The Morgan fingerprint density at radius 3 is 2.76 bits per heavy atom. The van der Waals surface area contributed by atoms with Crippen molar-refractivity contribution in [1.29, 1.82) is 0 Å². The summed E-state index contributed by atoms with van der Waals surface area (Å²) in [4.78, 5) is 24.6. The summed E-state index contributed by atoms with van der Waals surface area (Å²) in [5.41, 5.74) is 1.34. The molecule has 3 N–H and O–H groups in total. The van der Waals surface area contributed by atoms with Crippen molar-refractivity contribution in [1.82, 2.24) is 5.32 Å². The molecule has 148 valence electrons. The summed E-state index contributed by atoms with van der Waals surface area (Å²) in [5, 5.41) is 23.2. The number of carbonyl (C=O) groups is 2. The van der Waals surface area contributed by atoms with Crippen LogP contribution in [0, 0.1) is 12.7 Å². The lowest BCUT2D eigenvalue weighted by Crippen LogP contribution is -2.23. The van der Waals surface area contributed by atoms with Crippen LogP contribution in [-0.4, -0.2) is 27.8 Å². The van der Waals surface area contributed by atoms with Crippen LogP contribution in [0.2, 0.25) is 0 Å². The van der Waals surface area contributed by atoms with Crippen LogP contribution in [-0.2, 0) is 4.79 Å². The highest BCUT2D eigenvalue weighted by molar-refractivity contribution is 8.03. The van der Waals surface area contributed by atoms with Gasteiger partial charge < -0.3 is 19.9 Å². The zero-order valence-corrected chi connectivity index (χ0v) is 16.0. The van der Waals surface area contributed by atoms with E-state index in [4.69, 9.17) is 4.42 Å². The highest BCUT2D eigenvalue weighted by Gasteiger charge is 2.35. The monoisotopic (exact) mass is 413 g/mol. The van der Waals surface area contributed by atoms with Crippen LogP contribution < -0.4 is 5.32 Å². The van der Waals surface area contributed by atoms with Crippen molar-refractivity contribution >= 4 is 34.6 Å². The number of aryl methyl sites for hydroxylation is 1. The Bertz CT molecular complexity index is 1180. The number of phenolic OH excluding ortho intramolecular Hbond substituents is 1. The van der Waals surface area contributed by atoms with E-state index in [0.29, 0.717) is 11.0 Å². The first-order valence-corrected chi connectivity index (χ1v) is 9.71. The van der Waals surface area contributed by atoms with E-state index in [9.17, 15) is 24.2 Å². The van der Waals surface area contributed by atoms with E-state index in [1.54, 1.807) is 25.1 Å². The van der Waals surface area contributed by atoms with Crippen LogP contribution in [0.15, 0.2) is 57.7 Å². The lowest BCUT2D eigenvalue weighted by molar-refractivity contribution is -0.132. The number of halogens is 1. The predicted octanol–water partition coefficient (Wildman–Crippen LogP) is 4.14.